The van der Waals surface area contributed by atoms with E-state index in [0.29, 0.717) is 0 Å². The van der Waals surface area contributed by atoms with Gasteiger partial charge in [-0.3, -0.25) is 4.79 Å². The van der Waals surface area contributed by atoms with Gasteiger partial charge in [0.1, 0.15) is 0 Å². The summed E-state index contributed by atoms with van der Waals surface area (Å²) in [4.78, 5) is 12.3. The van der Waals surface area contributed by atoms with Gasteiger partial charge < -0.3 is 15.5 Å². The van der Waals surface area contributed by atoms with Crippen molar-refractivity contribution in [2.45, 2.75) is 25.7 Å². The largest absolute Gasteiger partial charge is 0.504 e. The summed E-state index contributed by atoms with van der Waals surface area (Å²) in [5.74, 6) is -1.10. The van der Waals surface area contributed by atoms with E-state index < -0.39 is 5.91 Å². The smallest absolute Gasteiger partial charge is 0.259 e. The number of benzene rings is 2. The lowest BCUT2D eigenvalue weighted by molar-refractivity contribution is 0.102. The fraction of sp³-hybridized carbons (Fsp3) is 0.235. The SMILES string of the molecule is O=C(Nc1cccc2c1CCCC2)c1cccc(O)c1O. The average Bonchev–Trinajstić information content (AvgIpc) is 2.50. The van der Waals surface area contributed by atoms with Crippen LogP contribution in [0.25, 0.3) is 0 Å². The van der Waals surface area contributed by atoms with Gasteiger partial charge in [0.05, 0.1) is 5.56 Å². The molecule has 1 aliphatic carbocycles. The standard InChI is InChI=1S/C17H17NO3/c19-15-10-4-8-13(16(15)20)17(21)18-14-9-3-6-11-5-1-2-7-12(11)14/h3-4,6,8-10,19-20H,1-2,5,7H2,(H,18,21). The molecule has 1 aliphatic rings. The van der Waals surface area contributed by atoms with E-state index in [1.165, 1.54) is 35.7 Å². The van der Waals surface area contributed by atoms with Gasteiger partial charge in [0.15, 0.2) is 11.5 Å². The predicted molar refractivity (Wildman–Crippen MR) is 80.8 cm³/mol. The number of fused-ring (bicyclic) bond motifs is 1. The molecule has 21 heavy (non-hydrogen) atoms. The molecule has 0 aromatic heterocycles. The van der Waals surface area contributed by atoms with E-state index in [1.54, 1.807) is 0 Å². The maximum absolute atomic E-state index is 12.3. The van der Waals surface area contributed by atoms with E-state index in [4.69, 9.17) is 0 Å². The Morgan fingerprint density at radius 3 is 2.62 bits per heavy atom. The topological polar surface area (TPSA) is 69.6 Å². The Labute approximate surface area is 123 Å². The Morgan fingerprint density at radius 1 is 1.00 bits per heavy atom. The molecule has 0 aliphatic heterocycles. The van der Waals surface area contributed by atoms with Gasteiger partial charge in [0.25, 0.3) is 5.91 Å². The van der Waals surface area contributed by atoms with Crippen molar-refractivity contribution in [3.63, 3.8) is 0 Å². The molecule has 108 valence electrons. The zero-order valence-corrected chi connectivity index (χ0v) is 11.6. The minimum absolute atomic E-state index is 0.0726. The first-order chi connectivity index (χ1) is 10.2. The van der Waals surface area contributed by atoms with E-state index in [9.17, 15) is 15.0 Å². The maximum Gasteiger partial charge on any atom is 0.259 e. The molecule has 2 aromatic rings. The lowest BCUT2D eigenvalue weighted by Crippen LogP contribution is -2.15. The number of phenolic OH excluding ortho intramolecular Hbond substituents is 2. The molecule has 0 saturated carbocycles. The molecular weight excluding hydrogens is 266 g/mol. The number of nitrogens with one attached hydrogen (secondary N) is 1. The summed E-state index contributed by atoms with van der Waals surface area (Å²) in [5, 5.41) is 22.1. The summed E-state index contributed by atoms with van der Waals surface area (Å²) in [6.07, 6.45) is 4.29. The van der Waals surface area contributed by atoms with Gasteiger partial charge in [-0.25, -0.2) is 0 Å². The molecule has 0 heterocycles. The first-order valence-electron chi connectivity index (χ1n) is 7.10. The Balaban J connectivity index is 1.90. The Hall–Kier alpha value is -2.49. The molecule has 0 bridgehead atoms. The van der Waals surface area contributed by atoms with Crippen LogP contribution in [0.4, 0.5) is 5.69 Å². The number of hydrogen-bond donors (Lipinski definition) is 3. The van der Waals surface area contributed by atoms with Gasteiger partial charge in [0, 0.05) is 5.69 Å². The number of para-hydroxylation sites is 1. The molecule has 1 amide bonds. The lowest BCUT2D eigenvalue weighted by Gasteiger charge is -2.19. The normalized spacial score (nSPS) is 13.5. The van der Waals surface area contributed by atoms with Crippen molar-refractivity contribution < 1.29 is 15.0 Å². The number of anilines is 1. The number of carbonyl (C=O) groups excluding carboxylic acids is 1. The van der Waals surface area contributed by atoms with Crippen molar-refractivity contribution in [2.75, 3.05) is 5.32 Å². The number of aryl methyl sites for hydroxylation is 1. The number of rotatable bonds is 2. The highest BCUT2D eigenvalue weighted by Crippen LogP contribution is 2.31. The third kappa shape index (κ3) is 2.57. The predicted octanol–water partition coefficient (Wildman–Crippen LogP) is 3.23. The number of hydrogen-bond acceptors (Lipinski definition) is 3. The molecule has 3 rings (SSSR count). The Kier molecular flexibility index (Phi) is 3.52. The fourth-order valence-corrected chi connectivity index (χ4v) is 2.80. The van der Waals surface area contributed by atoms with Crippen molar-refractivity contribution in [3.8, 4) is 11.5 Å². The zero-order valence-electron chi connectivity index (χ0n) is 11.6. The minimum atomic E-state index is -0.414. The molecule has 0 radical (unpaired) electrons. The highest BCUT2D eigenvalue weighted by molar-refractivity contribution is 6.07. The van der Waals surface area contributed by atoms with Crippen LogP contribution in [0.5, 0.6) is 11.5 Å². The fourth-order valence-electron chi connectivity index (χ4n) is 2.80. The summed E-state index contributed by atoms with van der Waals surface area (Å²) in [7, 11) is 0. The van der Waals surface area contributed by atoms with Gasteiger partial charge in [-0.2, -0.15) is 0 Å². The van der Waals surface area contributed by atoms with E-state index >= 15 is 0 Å². The first kappa shape index (κ1) is 13.5. The van der Waals surface area contributed by atoms with Crippen molar-refractivity contribution in [2.24, 2.45) is 0 Å². The third-order valence-electron chi connectivity index (χ3n) is 3.90. The average molecular weight is 283 g/mol. The lowest BCUT2D eigenvalue weighted by atomic mass is 9.90. The summed E-state index contributed by atoms with van der Waals surface area (Å²) in [6, 6.07) is 10.3. The zero-order chi connectivity index (χ0) is 14.8. The number of amides is 1. The molecular formula is C17H17NO3. The number of aromatic hydroxyl groups is 2. The van der Waals surface area contributed by atoms with Crippen molar-refractivity contribution >= 4 is 11.6 Å². The summed E-state index contributed by atoms with van der Waals surface area (Å²) in [5.41, 5.74) is 3.32. The van der Waals surface area contributed by atoms with E-state index in [1.807, 2.05) is 12.1 Å². The van der Waals surface area contributed by atoms with Gasteiger partial charge in [-0.05, 0) is 55.0 Å². The van der Waals surface area contributed by atoms with Crippen LogP contribution < -0.4 is 5.32 Å². The van der Waals surface area contributed by atoms with Crippen LogP contribution in [-0.4, -0.2) is 16.1 Å². The van der Waals surface area contributed by atoms with Crippen LogP contribution in [0.15, 0.2) is 36.4 Å². The molecule has 0 fully saturated rings. The second kappa shape index (κ2) is 5.48. The molecule has 2 aromatic carbocycles. The van der Waals surface area contributed by atoms with Crippen LogP contribution in [0.3, 0.4) is 0 Å². The van der Waals surface area contributed by atoms with Crippen LogP contribution in [0.2, 0.25) is 0 Å². The molecule has 4 nitrogen and oxygen atoms in total. The van der Waals surface area contributed by atoms with Crippen LogP contribution in [0, 0.1) is 0 Å². The minimum Gasteiger partial charge on any atom is -0.504 e. The highest BCUT2D eigenvalue weighted by atomic mass is 16.3. The molecule has 0 spiro atoms. The van der Waals surface area contributed by atoms with Gasteiger partial charge >= 0.3 is 0 Å². The van der Waals surface area contributed by atoms with Gasteiger partial charge in [-0.15, -0.1) is 0 Å². The summed E-state index contributed by atoms with van der Waals surface area (Å²) >= 11 is 0. The Bertz CT molecular complexity index is 694. The van der Waals surface area contributed by atoms with Crippen molar-refractivity contribution in [3.05, 3.63) is 53.1 Å². The summed E-state index contributed by atoms with van der Waals surface area (Å²) in [6.45, 7) is 0. The van der Waals surface area contributed by atoms with Crippen LogP contribution in [-0.2, 0) is 12.8 Å². The van der Waals surface area contributed by atoms with E-state index in [0.717, 1.165) is 24.9 Å². The van der Waals surface area contributed by atoms with Crippen LogP contribution in [0.1, 0.15) is 34.3 Å². The van der Waals surface area contributed by atoms with Crippen molar-refractivity contribution in [1.29, 1.82) is 0 Å². The maximum atomic E-state index is 12.3. The van der Waals surface area contributed by atoms with Gasteiger partial charge in [0.2, 0.25) is 0 Å². The third-order valence-corrected chi connectivity index (χ3v) is 3.90. The molecule has 0 atom stereocenters. The molecule has 0 unspecified atom stereocenters. The van der Waals surface area contributed by atoms with E-state index in [2.05, 4.69) is 11.4 Å². The first-order valence-corrected chi connectivity index (χ1v) is 7.10. The van der Waals surface area contributed by atoms with Crippen molar-refractivity contribution in [1.82, 2.24) is 0 Å². The monoisotopic (exact) mass is 283 g/mol. The second-order valence-corrected chi connectivity index (χ2v) is 5.28. The van der Waals surface area contributed by atoms with Crippen LogP contribution >= 0.6 is 0 Å². The number of phenols is 2. The molecule has 0 saturated heterocycles. The molecule has 3 N–H and O–H groups in total. The van der Waals surface area contributed by atoms with E-state index in [-0.39, 0.29) is 17.1 Å². The Morgan fingerprint density at radius 2 is 1.76 bits per heavy atom. The van der Waals surface area contributed by atoms with Gasteiger partial charge in [-0.1, -0.05) is 18.2 Å². The second-order valence-electron chi connectivity index (χ2n) is 5.28. The quantitative estimate of drug-likeness (QED) is 0.741. The molecule has 4 heteroatoms. The highest BCUT2D eigenvalue weighted by Gasteiger charge is 2.17. The number of carbonyl (C=O) groups is 1. The summed E-state index contributed by atoms with van der Waals surface area (Å²) < 4.78 is 0.